The normalized spacial score (nSPS) is 29.9. The molecule has 5 atom stereocenters. The van der Waals surface area contributed by atoms with E-state index in [9.17, 15) is 4.79 Å². The number of nitrogens with zero attached hydrogens (tertiary/aromatic N) is 1. The Morgan fingerprint density at radius 3 is 2.73 bits per heavy atom. The van der Waals surface area contributed by atoms with Crippen molar-refractivity contribution in [2.45, 2.75) is 56.8 Å². The highest BCUT2D eigenvalue weighted by atomic mass is 16.5. The zero-order valence-electron chi connectivity index (χ0n) is 18.0. The van der Waals surface area contributed by atoms with Gasteiger partial charge < -0.3 is 20.3 Å². The molecule has 0 spiro atoms. The minimum Gasteiger partial charge on any atom is -0.496 e. The lowest BCUT2D eigenvalue weighted by Gasteiger charge is -2.37. The van der Waals surface area contributed by atoms with Gasteiger partial charge in [-0.05, 0) is 55.4 Å². The molecule has 158 valence electrons. The summed E-state index contributed by atoms with van der Waals surface area (Å²) in [7, 11) is 3.64. The molecule has 2 aliphatic heterocycles. The minimum absolute atomic E-state index is 0.179. The topological polar surface area (TPSA) is 53.6 Å². The quantitative estimate of drug-likeness (QED) is 0.796. The van der Waals surface area contributed by atoms with E-state index in [0.717, 1.165) is 42.8 Å². The third-order valence-electron chi connectivity index (χ3n) is 7.12. The first-order valence-electron chi connectivity index (χ1n) is 11.1. The van der Waals surface area contributed by atoms with E-state index < -0.39 is 0 Å². The van der Waals surface area contributed by atoms with Gasteiger partial charge in [0, 0.05) is 48.9 Å². The van der Waals surface area contributed by atoms with E-state index in [0.29, 0.717) is 18.0 Å². The van der Waals surface area contributed by atoms with E-state index in [1.165, 1.54) is 11.1 Å². The Hall–Kier alpha value is -2.37. The number of carbonyl (C=O) groups excluding carboxylic acids is 1. The van der Waals surface area contributed by atoms with Gasteiger partial charge in [0.15, 0.2) is 0 Å². The summed E-state index contributed by atoms with van der Waals surface area (Å²) in [5, 5.41) is 7.57. The highest BCUT2D eigenvalue weighted by Gasteiger charge is 2.50. The van der Waals surface area contributed by atoms with Gasteiger partial charge >= 0.3 is 0 Å². The molecule has 5 heteroatoms. The molecule has 1 saturated heterocycles. The average Bonchev–Trinajstić information content (AvgIpc) is 3.58. The summed E-state index contributed by atoms with van der Waals surface area (Å²) in [4.78, 5) is 14.3. The van der Waals surface area contributed by atoms with Gasteiger partial charge in [-0.25, -0.2) is 0 Å². The van der Waals surface area contributed by atoms with Crippen LogP contribution in [0, 0.1) is 5.92 Å². The largest absolute Gasteiger partial charge is 0.496 e. The van der Waals surface area contributed by atoms with Crippen LogP contribution >= 0.6 is 0 Å². The molecule has 0 bridgehead atoms. The summed E-state index contributed by atoms with van der Waals surface area (Å²) < 4.78 is 5.75. The van der Waals surface area contributed by atoms with Gasteiger partial charge in [-0.3, -0.25) is 4.79 Å². The van der Waals surface area contributed by atoms with Gasteiger partial charge in [0.25, 0.3) is 0 Å². The molecule has 1 aliphatic carbocycles. The maximum Gasteiger partial charge on any atom is 0.230 e. The minimum atomic E-state index is 0.179. The second-order valence-corrected chi connectivity index (χ2v) is 9.09. The van der Waals surface area contributed by atoms with E-state index in [2.05, 4.69) is 60.0 Å². The summed E-state index contributed by atoms with van der Waals surface area (Å²) in [6.07, 6.45) is 3.26. The van der Waals surface area contributed by atoms with Crippen molar-refractivity contribution in [3.63, 3.8) is 0 Å². The number of anilines is 1. The number of benzene rings is 2. The fraction of sp³-hybridized carbons (Fsp3) is 0.480. The molecule has 5 nitrogen and oxygen atoms in total. The fourth-order valence-electron chi connectivity index (χ4n) is 5.27. The van der Waals surface area contributed by atoms with Crippen LogP contribution in [-0.2, 0) is 11.3 Å². The molecule has 2 aromatic rings. The molecule has 1 saturated carbocycles. The molecular formula is C25H31N3O2. The van der Waals surface area contributed by atoms with E-state index in [1.807, 2.05) is 11.9 Å². The summed E-state index contributed by atoms with van der Waals surface area (Å²) in [5.41, 5.74) is 4.74. The Balaban J connectivity index is 1.38. The molecule has 5 unspecified atom stereocenters. The van der Waals surface area contributed by atoms with Crippen LogP contribution in [0.25, 0.3) is 0 Å². The number of hydrogen-bond acceptors (Lipinski definition) is 4. The number of fused-ring (bicyclic) bond motifs is 3. The van der Waals surface area contributed by atoms with Crippen molar-refractivity contribution in [2.24, 2.45) is 5.92 Å². The zero-order valence-corrected chi connectivity index (χ0v) is 18.0. The van der Waals surface area contributed by atoms with Gasteiger partial charge in [0.05, 0.1) is 7.11 Å². The van der Waals surface area contributed by atoms with Gasteiger partial charge in [-0.2, -0.15) is 0 Å². The van der Waals surface area contributed by atoms with Crippen molar-refractivity contribution >= 4 is 11.6 Å². The van der Waals surface area contributed by atoms with E-state index in [4.69, 9.17) is 4.74 Å². The van der Waals surface area contributed by atoms with E-state index >= 15 is 0 Å². The Labute approximate surface area is 178 Å². The molecule has 0 aromatic heterocycles. The molecule has 2 aromatic carbocycles. The predicted molar refractivity (Wildman–Crippen MR) is 119 cm³/mol. The molecule has 2 heterocycles. The lowest BCUT2D eigenvalue weighted by molar-refractivity contribution is -0.119. The first-order chi connectivity index (χ1) is 14.6. The van der Waals surface area contributed by atoms with Crippen molar-refractivity contribution in [1.29, 1.82) is 0 Å². The first kappa shape index (κ1) is 19.6. The number of hydrogen-bond donors (Lipinski definition) is 2. The zero-order chi connectivity index (χ0) is 20.8. The molecule has 2 fully saturated rings. The number of amides is 1. The molecule has 5 rings (SSSR count). The molecule has 0 radical (unpaired) electrons. The third-order valence-corrected chi connectivity index (χ3v) is 7.12. The third kappa shape index (κ3) is 3.40. The molecule has 1 amide bonds. The summed E-state index contributed by atoms with van der Waals surface area (Å²) in [6, 6.07) is 16.2. The SMILES string of the molecule is COc1cc2c(cc1CNC1CCC(C)NC1c1ccccc1)N(C)C(=O)C1CC21. The van der Waals surface area contributed by atoms with Crippen molar-refractivity contribution in [3.8, 4) is 5.75 Å². The van der Waals surface area contributed by atoms with Crippen molar-refractivity contribution in [1.82, 2.24) is 10.6 Å². The van der Waals surface area contributed by atoms with Crippen LogP contribution in [0.3, 0.4) is 0 Å². The second-order valence-electron chi connectivity index (χ2n) is 9.09. The van der Waals surface area contributed by atoms with E-state index in [-0.39, 0.29) is 17.9 Å². The number of nitrogens with one attached hydrogen (secondary N) is 2. The van der Waals surface area contributed by atoms with Crippen molar-refractivity contribution < 1.29 is 9.53 Å². The Bertz CT molecular complexity index is 945. The maximum absolute atomic E-state index is 12.5. The molecular weight excluding hydrogens is 374 g/mol. The summed E-state index contributed by atoms with van der Waals surface area (Å²) in [6.45, 7) is 2.98. The van der Waals surface area contributed by atoms with Crippen LogP contribution in [0.4, 0.5) is 5.69 Å². The Morgan fingerprint density at radius 2 is 1.97 bits per heavy atom. The van der Waals surface area contributed by atoms with Crippen molar-refractivity contribution in [3.05, 3.63) is 59.2 Å². The molecule has 3 aliphatic rings. The number of methoxy groups -OCH3 is 1. The Kier molecular flexibility index (Phi) is 5.03. The number of ether oxygens (including phenoxy) is 1. The van der Waals surface area contributed by atoms with Crippen LogP contribution in [-0.4, -0.2) is 32.1 Å². The number of rotatable bonds is 5. The second kappa shape index (κ2) is 7.71. The number of piperidine rings is 1. The van der Waals surface area contributed by atoms with Gasteiger partial charge in [0.1, 0.15) is 5.75 Å². The Morgan fingerprint density at radius 1 is 1.17 bits per heavy atom. The summed E-state index contributed by atoms with van der Waals surface area (Å²) >= 11 is 0. The van der Waals surface area contributed by atoms with Crippen molar-refractivity contribution in [2.75, 3.05) is 19.1 Å². The number of carbonyl (C=O) groups is 1. The molecule has 2 N–H and O–H groups in total. The molecule has 30 heavy (non-hydrogen) atoms. The smallest absolute Gasteiger partial charge is 0.230 e. The lowest BCUT2D eigenvalue weighted by atomic mass is 9.89. The summed E-state index contributed by atoms with van der Waals surface area (Å²) in [5.74, 6) is 1.73. The highest BCUT2D eigenvalue weighted by molar-refractivity contribution is 6.01. The first-order valence-corrected chi connectivity index (χ1v) is 11.1. The van der Waals surface area contributed by atoms with Crippen LogP contribution < -0.4 is 20.3 Å². The van der Waals surface area contributed by atoms with Crippen LogP contribution in [0.1, 0.15) is 54.8 Å². The van der Waals surface area contributed by atoms with Crippen LogP contribution in [0.15, 0.2) is 42.5 Å². The van der Waals surface area contributed by atoms with Gasteiger partial charge in [-0.15, -0.1) is 0 Å². The monoisotopic (exact) mass is 405 g/mol. The average molecular weight is 406 g/mol. The van der Waals surface area contributed by atoms with Crippen LogP contribution in [0.5, 0.6) is 5.75 Å². The highest BCUT2D eigenvalue weighted by Crippen LogP contribution is 2.56. The van der Waals surface area contributed by atoms with Gasteiger partial charge in [0.2, 0.25) is 5.91 Å². The predicted octanol–water partition coefficient (Wildman–Crippen LogP) is 3.75. The maximum atomic E-state index is 12.5. The van der Waals surface area contributed by atoms with Crippen LogP contribution in [0.2, 0.25) is 0 Å². The standard InChI is InChI=1S/C25H31N3O2/c1-15-9-10-21(24(27-15)16-7-5-4-6-8-16)26-14-17-11-22-19(13-23(17)30-3)18-12-20(18)25(29)28(22)2/h4-8,11,13,15,18,20-21,24,26-27H,9-10,12,14H2,1-3H3. The van der Waals surface area contributed by atoms with E-state index in [1.54, 1.807) is 7.11 Å². The lowest BCUT2D eigenvalue weighted by Crippen LogP contribution is -2.49. The van der Waals surface area contributed by atoms with Gasteiger partial charge in [-0.1, -0.05) is 30.3 Å². The fourth-order valence-corrected chi connectivity index (χ4v) is 5.27.